The van der Waals surface area contributed by atoms with E-state index in [1.165, 1.54) is 4.90 Å². The third kappa shape index (κ3) is 2.16. The van der Waals surface area contributed by atoms with E-state index in [-0.39, 0.29) is 11.8 Å². The Balaban J connectivity index is 2.17. The van der Waals surface area contributed by atoms with Gasteiger partial charge in [-0.2, -0.15) is 5.26 Å². The van der Waals surface area contributed by atoms with E-state index in [2.05, 4.69) is 16.3 Å². The number of ether oxygens (including phenoxy) is 1. The average Bonchev–Trinajstić information content (AvgIpc) is 2.87. The summed E-state index contributed by atoms with van der Waals surface area (Å²) in [4.78, 5) is 1.17. The van der Waals surface area contributed by atoms with Gasteiger partial charge in [-0.05, 0) is 30.9 Å². The van der Waals surface area contributed by atoms with Crippen LogP contribution in [0, 0.1) is 18.3 Å². The lowest BCUT2D eigenvalue weighted by molar-refractivity contribution is 0.379. The number of allylic oxidation sites excluding steroid dienone is 1. The zero-order valence-electron chi connectivity index (χ0n) is 11.7. The molecule has 6 heteroatoms. The van der Waals surface area contributed by atoms with Crippen molar-refractivity contribution in [1.82, 2.24) is 10.2 Å². The minimum Gasteiger partial charge on any atom is -0.420 e. The Bertz CT molecular complexity index is 755. The van der Waals surface area contributed by atoms with E-state index in [1.54, 1.807) is 11.8 Å². The zero-order valence-corrected chi connectivity index (χ0v) is 12.5. The van der Waals surface area contributed by atoms with Crippen LogP contribution in [0.3, 0.4) is 0 Å². The number of hydrogen-bond acceptors (Lipinski definition) is 5. The molecule has 0 bridgehead atoms. The lowest BCUT2D eigenvalue weighted by Gasteiger charge is -2.23. The zero-order chi connectivity index (χ0) is 15.0. The Kier molecular flexibility index (Phi) is 3.35. The van der Waals surface area contributed by atoms with Crippen LogP contribution in [0.5, 0.6) is 5.88 Å². The van der Waals surface area contributed by atoms with Crippen LogP contribution in [0.4, 0.5) is 0 Å². The molecule has 1 atom stereocenters. The van der Waals surface area contributed by atoms with Crippen molar-refractivity contribution < 1.29 is 4.74 Å². The maximum absolute atomic E-state index is 9.45. The molecule has 0 fully saturated rings. The Morgan fingerprint density at radius 2 is 2.10 bits per heavy atom. The topological polar surface area (TPSA) is 87.7 Å². The van der Waals surface area contributed by atoms with Crippen molar-refractivity contribution in [3.63, 3.8) is 0 Å². The number of aryl methyl sites for hydroxylation is 1. The van der Waals surface area contributed by atoms with Gasteiger partial charge in [0.1, 0.15) is 11.6 Å². The number of H-pyrrole nitrogens is 1. The summed E-state index contributed by atoms with van der Waals surface area (Å²) in [5.74, 6) is 0.326. The number of benzene rings is 1. The number of thioether (sulfide) groups is 1. The molecule has 1 aromatic carbocycles. The van der Waals surface area contributed by atoms with Crippen LogP contribution in [0.25, 0.3) is 0 Å². The van der Waals surface area contributed by atoms with Gasteiger partial charge in [0.05, 0.1) is 5.92 Å². The van der Waals surface area contributed by atoms with Crippen molar-refractivity contribution >= 4 is 11.8 Å². The van der Waals surface area contributed by atoms with E-state index in [0.29, 0.717) is 11.5 Å². The number of fused-ring (bicyclic) bond motifs is 1. The smallest absolute Gasteiger partial charge is 0.244 e. The van der Waals surface area contributed by atoms with Crippen molar-refractivity contribution in [1.29, 1.82) is 5.26 Å². The van der Waals surface area contributed by atoms with E-state index in [9.17, 15) is 5.26 Å². The second-order valence-electron chi connectivity index (χ2n) is 4.77. The molecule has 21 heavy (non-hydrogen) atoms. The summed E-state index contributed by atoms with van der Waals surface area (Å²) in [5.41, 5.74) is 9.05. The SMILES string of the molecule is CSc1ccc([C@@H]2C(C#N)=C(N)Oc3n[nH]c(C)c32)cc1. The molecule has 0 unspecified atom stereocenters. The second kappa shape index (κ2) is 5.19. The number of hydrogen-bond donors (Lipinski definition) is 2. The first-order chi connectivity index (χ1) is 10.2. The number of nitrogens with two attached hydrogens (primary N) is 1. The predicted molar refractivity (Wildman–Crippen MR) is 80.8 cm³/mol. The Hall–Kier alpha value is -2.39. The fourth-order valence-corrected chi connectivity index (χ4v) is 2.94. The number of nitrogens with one attached hydrogen (secondary N) is 1. The highest BCUT2D eigenvalue weighted by Gasteiger charge is 2.33. The van der Waals surface area contributed by atoms with Crippen LogP contribution in [0.1, 0.15) is 22.7 Å². The van der Waals surface area contributed by atoms with Gasteiger partial charge in [0.25, 0.3) is 0 Å². The first-order valence-electron chi connectivity index (χ1n) is 6.42. The van der Waals surface area contributed by atoms with Gasteiger partial charge in [-0.1, -0.05) is 12.1 Å². The summed E-state index contributed by atoms with van der Waals surface area (Å²) in [6.07, 6.45) is 2.03. The summed E-state index contributed by atoms with van der Waals surface area (Å²) < 4.78 is 5.44. The molecule has 5 nitrogen and oxygen atoms in total. The summed E-state index contributed by atoms with van der Waals surface area (Å²) in [6, 6.07) is 10.3. The van der Waals surface area contributed by atoms with E-state index >= 15 is 0 Å². The van der Waals surface area contributed by atoms with Gasteiger partial charge in [0.2, 0.25) is 11.8 Å². The third-order valence-electron chi connectivity index (χ3n) is 3.58. The maximum atomic E-state index is 9.45. The molecular formula is C15H14N4OS. The first-order valence-corrected chi connectivity index (χ1v) is 7.64. The van der Waals surface area contributed by atoms with E-state index in [4.69, 9.17) is 10.5 Å². The monoisotopic (exact) mass is 298 g/mol. The van der Waals surface area contributed by atoms with Crippen molar-refractivity contribution in [3.8, 4) is 11.9 Å². The molecule has 0 saturated carbocycles. The minimum absolute atomic E-state index is 0.121. The molecule has 0 radical (unpaired) electrons. The minimum atomic E-state index is -0.242. The molecule has 0 aliphatic carbocycles. The molecular weight excluding hydrogens is 284 g/mol. The number of rotatable bonds is 2. The van der Waals surface area contributed by atoms with Crippen molar-refractivity contribution in [2.24, 2.45) is 5.73 Å². The summed E-state index contributed by atoms with van der Waals surface area (Å²) in [7, 11) is 0. The van der Waals surface area contributed by atoms with Gasteiger partial charge in [-0.15, -0.1) is 16.9 Å². The number of aromatic amines is 1. The van der Waals surface area contributed by atoms with E-state index < -0.39 is 0 Å². The maximum Gasteiger partial charge on any atom is 0.244 e. The van der Waals surface area contributed by atoms with Crippen LogP contribution in [0.15, 0.2) is 40.6 Å². The molecule has 0 spiro atoms. The molecule has 0 saturated heterocycles. The van der Waals surface area contributed by atoms with Gasteiger partial charge in [-0.25, -0.2) is 0 Å². The van der Waals surface area contributed by atoms with Crippen molar-refractivity contribution in [3.05, 3.63) is 52.5 Å². The molecule has 0 amide bonds. The Morgan fingerprint density at radius 1 is 1.38 bits per heavy atom. The second-order valence-corrected chi connectivity index (χ2v) is 5.65. The van der Waals surface area contributed by atoms with Gasteiger partial charge >= 0.3 is 0 Å². The van der Waals surface area contributed by atoms with Gasteiger partial charge in [0, 0.05) is 16.2 Å². The average molecular weight is 298 g/mol. The molecule has 106 valence electrons. The lowest BCUT2D eigenvalue weighted by Crippen LogP contribution is -2.21. The van der Waals surface area contributed by atoms with Gasteiger partial charge in [-0.3, -0.25) is 5.10 Å². The number of nitriles is 1. The standard InChI is InChI=1S/C15H14N4OS/c1-8-12-13(9-3-5-10(21-2)6-4-9)11(7-16)14(17)20-15(12)19-18-8/h3-6,13H,17H2,1-2H3,(H,18,19)/t13-/m1/s1. The fraction of sp³-hybridized carbons (Fsp3) is 0.200. The van der Waals surface area contributed by atoms with Crippen molar-refractivity contribution in [2.45, 2.75) is 17.7 Å². The van der Waals surface area contributed by atoms with Crippen LogP contribution in [-0.4, -0.2) is 16.5 Å². The third-order valence-corrected chi connectivity index (χ3v) is 4.32. The fourth-order valence-electron chi connectivity index (χ4n) is 2.53. The largest absolute Gasteiger partial charge is 0.420 e. The van der Waals surface area contributed by atoms with Crippen LogP contribution in [0.2, 0.25) is 0 Å². The van der Waals surface area contributed by atoms with Gasteiger partial charge in [0.15, 0.2) is 0 Å². The number of nitrogens with zero attached hydrogens (tertiary/aromatic N) is 2. The molecule has 1 aromatic heterocycles. The molecule has 1 aliphatic heterocycles. The normalized spacial score (nSPS) is 17.1. The summed E-state index contributed by atoms with van der Waals surface area (Å²) in [6.45, 7) is 1.91. The summed E-state index contributed by atoms with van der Waals surface area (Å²) >= 11 is 1.68. The quantitative estimate of drug-likeness (QED) is 0.832. The molecule has 2 heterocycles. The Morgan fingerprint density at radius 3 is 2.71 bits per heavy atom. The summed E-state index contributed by atoms with van der Waals surface area (Å²) in [5, 5.41) is 16.5. The molecule has 1 aliphatic rings. The lowest BCUT2D eigenvalue weighted by atomic mass is 9.84. The molecule has 3 rings (SSSR count). The van der Waals surface area contributed by atoms with Crippen LogP contribution >= 0.6 is 11.8 Å². The molecule has 3 N–H and O–H groups in total. The number of aromatic nitrogens is 2. The van der Waals surface area contributed by atoms with E-state index in [0.717, 1.165) is 16.8 Å². The highest BCUT2D eigenvalue weighted by Crippen LogP contribution is 2.42. The molecule has 2 aromatic rings. The van der Waals surface area contributed by atoms with Crippen LogP contribution < -0.4 is 10.5 Å². The first kappa shape index (κ1) is 13.6. The van der Waals surface area contributed by atoms with Crippen LogP contribution in [-0.2, 0) is 0 Å². The van der Waals surface area contributed by atoms with E-state index in [1.807, 2.05) is 37.4 Å². The predicted octanol–water partition coefficient (Wildman–Crippen LogP) is 2.66. The highest BCUT2D eigenvalue weighted by molar-refractivity contribution is 7.98. The highest BCUT2D eigenvalue weighted by atomic mass is 32.2. The van der Waals surface area contributed by atoms with Crippen molar-refractivity contribution in [2.75, 3.05) is 6.26 Å². The Labute approximate surface area is 126 Å². The van der Waals surface area contributed by atoms with Gasteiger partial charge < -0.3 is 10.5 Å².